The lowest BCUT2D eigenvalue weighted by Gasteiger charge is -2.13. The Bertz CT molecular complexity index is 899. The number of aliphatic imine (C=N–C) groups is 1. The minimum absolute atomic E-state index is 0. The number of nitrogens with one attached hydrogen (secondary N) is 3. The molecule has 0 saturated heterocycles. The average Bonchev–Trinajstić information content (AvgIpc) is 3.35. The number of benzene rings is 1. The topological polar surface area (TPSA) is 91.1 Å². The van der Waals surface area contributed by atoms with Crippen LogP contribution in [0.15, 0.2) is 46.0 Å². The van der Waals surface area contributed by atoms with Crippen LogP contribution >= 0.6 is 35.7 Å². The van der Waals surface area contributed by atoms with Crippen molar-refractivity contribution >= 4 is 41.7 Å². The summed E-state index contributed by atoms with van der Waals surface area (Å²) in [6.45, 7) is 0.971. The number of H-pyrrole nitrogens is 1. The number of rotatable bonds is 7. The number of thioether (sulfide) groups is 1. The molecular weight excluding hydrogens is 494 g/mol. The maximum Gasteiger partial charge on any atom is 0.216 e. The molecule has 3 rings (SSSR count). The van der Waals surface area contributed by atoms with Gasteiger partial charge >= 0.3 is 0 Å². The predicted molar refractivity (Wildman–Crippen MR) is 120 cm³/mol. The molecule has 0 aliphatic rings. The van der Waals surface area contributed by atoms with Gasteiger partial charge in [-0.2, -0.15) is 11.8 Å². The summed E-state index contributed by atoms with van der Waals surface area (Å²) >= 11 is 1.66. The molecule has 3 N–H and O–H groups in total. The molecule has 28 heavy (non-hydrogen) atoms. The molecule has 150 valence electrons. The van der Waals surface area contributed by atoms with Crippen molar-refractivity contribution in [1.82, 2.24) is 25.8 Å². The minimum Gasteiger partial charge on any atom is -0.461 e. The number of hydrogen-bond donors (Lipinski definition) is 3. The molecule has 3 aromatic rings. The number of nitrogens with zero attached hydrogens (tertiary/aromatic N) is 3. The number of halogens is 2. The zero-order valence-corrected chi connectivity index (χ0v) is 18.7. The Morgan fingerprint density at radius 1 is 1.25 bits per heavy atom. The van der Waals surface area contributed by atoms with Gasteiger partial charge in [0.2, 0.25) is 5.82 Å². The van der Waals surface area contributed by atoms with E-state index in [-0.39, 0.29) is 29.8 Å². The summed E-state index contributed by atoms with van der Waals surface area (Å²) in [4.78, 5) is 8.58. The van der Waals surface area contributed by atoms with Crippen LogP contribution in [0.25, 0.3) is 11.6 Å². The van der Waals surface area contributed by atoms with Crippen LogP contribution in [0.5, 0.6) is 0 Å². The lowest BCUT2D eigenvalue weighted by atomic mass is 10.1. The molecule has 0 amide bonds. The third kappa shape index (κ3) is 5.96. The molecule has 7 nitrogen and oxygen atoms in total. The van der Waals surface area contributed by atoms with Crippen molar-refractivity contribution in [3.05, 3.63) is 59.4 Å². The van der Waals surface area contributed by atoms with Gasteiger partial charge in [-0.15, -0.1) is 29.1 Å². The second kappa shape index (κ2) is 11.1. The summed E-state index contributed by atoms with van der Waals surface area (Å²) in [5.74, 6) is 2.93. The van der Waals surface area contributed by atoms with Crippen molar-refractivity contribution in [1.29, 1.82) is 0 Å². The van der Waals surface area contributed by atoms with Crippen LogP contribution in [0.2, 0.25) is 0 Å². The van der Waals surface area contributed by atoms with E-state index < -0.39 is 0 Å². The maximum absolute atomic E-state index is 13.5. The van der Waals surface area contributed by atoms with Crippen LogP contribution in [0.4, 0.5) is 4.39 Å². The summed E-state index contributed by atoms with van der Waals surface area (Å²) in [6.07, 6.45) is 3.58. The largest absolute Gasteiger partial charge is 0.461 e. The van der Waals surface area contributed by atoms with E-state index in [1.165, 1.54) is 6.07 Å². The van der Waals surface area contributed by atoms with E-state index in [0.29, 0.717) is 36.5 Å². The predicted octanol–water partition coefficient (Wildman–Crippen LogP) is 3.55. The van der Waals surface area contributed by atoms with E-state index in [0.717, 1.165) is 16.9 Å². The van der Waals surface area contributed by atoms with E-state index in [9.17, 15) is 4.39 Å². The molecule has 0 atom stereocenters. The molecule has 2 aromatic heterocycles. The van der Waals surface area contributed by atoms with E-state index in [1.807, 2.05) is 6.26 Å². The Labute approximate surface area is 184 Å². The highest BCUT2D eigenvalue weighted by Gasteiger charge is 2.09. The molecule has 0 bridgehead atoms. The summed E-state index contributed by atoms with van der Waals surface area (Å²) in [5.41, 5.74) is 2.01. The van der Waals surface area contributed by atoms with Crippen molar-refractivity contribution in [2.75, 3.05) is 13.3 Å². The highest BCUT2D eigenvalue weighted by molar-refractivity contribution is 14.0. The summed E-state index contributed by atoms with van der Waals surface area (Å²) < 4.78 is 18.7. The van der Waals surface area contributed by atoms with Crippen LogP contribution in [0.1, 0.15) is 17.0 Å². The lowest BCUT2D eigenvalue weighted by Crippen LogP contribution is -2.36. The van der Waals surface area contributed by atoms with Crippen molar-refractivity contribution < 1.29 is 8.81 Å². The number of aromatic amines is 1. The van der Waals surface area contributed by atoms with Gasteiger partial charge in [-0.05, 0) is 41.6 Å². The molecule has 0 fully saturated rings. The van der Waals surface area contributed by atoms with Gasteiger partial charge in [-0.1, -0.05) is 6.07 Å². The van der Waals surface area contributed by atoms with Gasteiger partial charge in [0, 0.05) is 19.3 Å². The first-order chi connectivity index (χ1) is 13.2. The molecular formula is C18H22FIN6OS. The van der Waals surface area contributed by atoms with Crippen molar-refractivity contribution in [2.24, 2.45) is 4.99 Å². The Morgan fingerprint density at radius 2 is 2.07 bits per heavy atom. The number of guanidine groups is 1. The van der Waals surface area contributed by atoms with E-state index in [2.05, 4.69) is 30.8 Å². The standard InChI is InChI=1S/C18H21FN6OS.HI/c1-20-18(21-9-12-5-6-14(19)8-13(12)11-27-2)22-10-16-23-17(25-24-16)15-4-3-7-26-15;/h3-8H,9-11H2,1-2H3,(H2,20,21,22)(H,23,24,25);1H. The van der Waals surface area contributed by atoms with Crippen LogP contribution in [0, 0.1) is 5.82 Å². The first kappa shape index (κ1) is 22.2. The Kier molecular flexibility index (Phi) is 8.77. The summed E-state index contributed by atoms with van der Waals surface area (Å²) in [6, 6.07) is 8.44. The molecule has 2 heterocycles. The van der Waals surface area contributed by atoms with Crippen molar-refractivity contribution in [3.8, 4) is 11.6 Å². The quantitative estimate of drug-likeness (QED) is 0.253. The molecule has 0 aliphatic carbocycles. The zero-order valence-electron chi connectivity index (χ0n) is 15.5. The smallest absolute Gasteiger partial charge is 0.216 e. The first-order valence-electron chi connectivity index (χ1n) is 8.35. The number of aromatic nitrogens is 3. The molecule has 10 heteroatoms. The second-order valence-corrected chi connectivity index (χ2v) is 6.57. The summed E-state index contributed by atoms with van der Waals surface area (Å²) in [5, 5.41) is 13.4. The van der Waals surface area contributed by atoms with Gasteiger partial charge in [0.1, 0.15) is 11.6 Å². The Morgan fingerprint density at radius 3 is 2.79 bits per heavy atom. The fourth-order valence-corrected chi connectivity index (χ4v) is 3.09. The lowest BCUT2D eigenvalue weighted by molar-refractivity contribution is 0.577. The van der Waals surface area contributed by atoms with Gasteiger partial charge in [-0.25, -0.2) is 9.37 Å². The van der Waals surface area contributed by atoms with E-state index in [1.54, 1.807) is 49.3 Å². The Hall–Kier alpha value is -2.08. The zero-order chi connectivity index (χ0) is 19.1. The fraction of sp³-hybridized carbons (Fsp3) is 0.278. The maximum atomic E-state index is 13.5. The monoisotopic (exact) mass is 516 g/mol. The highest BCUT2D eigenvalue weighted by Crippen LogP contribution is 2.17. The third-order valence-corrected chi connectivity index (χ3v) is 4.43. The Balaban J connectivity index is 0.00000280. The molecule has 0 saturated carbocycles. The van der Waals surface area contributed by atoms with Crippen molar-refractivity contribution in [2.45, 2.75) is 18.8 Å². The summed E-state index contributed by atoms with van der Waals surface area (Å²) in [7, 11) is 1.69. The van der Waals surface area contributed by atoms with Crippen molar-refractivity contribution in [3.63, 3.8) is 0 Å². The van der Waals surface area contributed by atoms with Crippen LogP contribution in [-0.4, -0.2) is 34.4 Å². The van der Waals surface area contributed by atoms with Crippen LogP contribution < -0.4 is 10.6 Å². The third-order valence-electron chi connectivity index (χ3n) is 3.83. The van der Waals surface area contributed by atoms with Gasteiger partial charge in [-0.3, -0.25) is 10.1 Å². The van der Waals surface area contributed by atoms with Crippen LogP contribution in [-0.2, 0) is 18.8 Å². The molecule has 0 radical (unpaired) electrons. The van der Waals surface area contributed by atoms with E-state index >= 15 is 0 Å². The van der Waals surface area contributed by atoms with Crippen LogP contribution in [0.3, 0.4) is 0 Å². The molecule has 0 unspecified atom stereocenters. The average molecular weight is 516 g/mol. The van der Waals surface area contributed by atoms with Gasteiger partial charge in [0.15, 0.2) is 11.7 Å². The SMILES string of the molecule is CN=C(NCc1nc(-c2ccco2)n[nH]1)NCc1ccc(F)cc1CSC.I. The number of hydrogen-bond acceptors (Lipinski definition) is 5. The first-order valence-corrected chi connectivity index (χ1v) is 9.75. The highest BCUT2D eigenvalue weighted by atomic mass is 127. The normalized spacial score (nSPS) is 11.2. The second-order valence-electron chi connectivity index (χ2n) is 5.71. The minimum atomic E-state index is -0.219. The van der Waals surface area contributed by atoms with Gasteiger partial charge in [0.05, 0.1) is 12.8 Å². The number of furan rings is 1. The molecule has 0 aliphatic heterocycles. The van der Waals surface area contributed by atoms with E-state index in [4.69, 9.17) is 4.42 Å². The molecule has 0 spiro atoms. The van der Waals surface area contributed by atoms with Gasteiger partial charge < -0.3 is 15.1 Å². The van der Waals surface area contributed by atoms with Gasteiger partial charge in [0.25, 0.3) is 0 Å². The molecule has 1 aromatic carbocycles. The fourth-order valence-electron chi connectivity index (χ4n) is 2.51.